The summed E-state index contributed by atoms with van der Waals surface area (Å²) in [6.45, 7) is 1.66. The number of nitrogens with two attached hydrogens (primary N) is 1. The lowest BCUT2D eigenvalue weighted by molar-refractivity contribution is -0.122. The molecule has 1 aromatic carbocycles. The number of aryl methyl sites for hydroxylation is 1. The van der Waals surface area contributed by atoms with Crippen molar-refractivity contribution in [1.29, 1.82) is 0 Å². The molecule has 2 bridgehead atoms. The fourth-order valence-electron chi connectivity index (χ4n) is 4.35. The number of rotatable bonds is 8. The molecule has 2 aliphatic carbocycles. The summed E-state index contributed by atoms with van der Waals surface area (Å²) in [7, 11) is 0. The van der Waals surface area contributed by atoms with Crippen molar-refractivity contribution >= 4 is 11.8 Å². The predicted molar refractivity (Wildman–Crippen MR) is 107 cm³/mol. The van der Waals surface area contributed by atoms with Crippen molar-refractivity contribution in [2.24, 2.45) is 17.6 Å². The number of hydrogen-bond donors (Lipinski definition) is 3. The minimum atomic E-state index is -0.569. The van der Waals surface area contributed by atoms with Crippen molar-refractivity contribution in [1.82, 2.24) is 10.6 Å². The smallest absolute Gasteiger partial charge is 0.243 e. The second-order valence-electron chi connectivity index (χ2n) is 8.08. The molecule has 0 aromatic heterocycles. The summed E-state index contributed by atoms with van der Waals surface area (Å²) >= 11 is 0. The first-order valence-electron chi connectivity index (χ1n) is 10.1. The molecule has 2 aliphatic rings. The highest BCUT2D eigenvalue weighted by atomic mass is 16.2. The fourth-order valence-corrected chi connectivity index (χ4v) is 4.35. The van der Waals surface area contributed by atoms with Crippen LogP contribution in [0.5, 0.6) is 0 Å². The van der Waals surface area contributed by atoms with E-state index in [1.165, 1.54) is 24.8 Å². The van der Waals surface area contributed by atoms with Crippen LogP contribution in [0.3, 0.4) is 0 Å². The molecule has 5 atom stereocenters. The third kappa shape index (κ3) is 5.67. The molecule has 0 spiro atoms. The molecule has 5 nitrogen and oxygen atoms in total. The van der Waals surface area contributed by atoms with Crippen LogP contribution >= 0.6 is 0 Å². The van der Waals surface area contributed by atoms with Crippen LogP contribution in [0.25, 0.3) is 0 Å². The molecule has 5 heteroatoms. The third-order valence-corrected chi connectivity index (χ3v) is 5.87. The van der Waals surface area contributed by atoms with Gasteiger partial charge >= 0.3 is 0 Å². The number of nitrogens with one attached hydrogen (secondary N) is 2. The van der Waals surface area contributed by atoms with Crippen molar-refractivity contribution < 1.29 is 9.59 Å². The second kappa shape index (κ2) is 9.18. The summed E-state index contributed by atoms with van der Waals surface area (Å²) in [5.41, 5.74) is 6.88. The quantitative estimate of drug-likeness (QED) is 0.615. The van der Waals surface area contributed by atoms with Crippen LogP contribution in [-0.4, -0.2) is 29.9 Å². The summed E-state index contributed by atoms with van der Waals surface area (Å²) in [5.74, 6) is 1.19. The van der Waals surface area contributed by atoms with Crippen LogP contribution in [0, 0.1) is 11.8 Å². The molecular formula is C22H31N3O2. The van der Waals surface area contributed by atoms with Crippen molar-refractivity contribution in [2.75, 3.05) is 0 Å². The van der Waals surface area contributed by atoms with E-state index in [1.807, 2.05) is 18.2 Å². The Morgan fingerprint density at radius 2 is 2.00 bits per heavy atom. The van der Waals surface area contributed by atoms with Crippen LogP contribution in [0.1, 0.15) is 44.6 Å². The number of benzene rings is 1. The molecule has 0 aliphatic heterocycles. The molecule has 2 saturated carbocycles. The zero-order chi connectivity index (χ0) is 19.2. The Morgan fingerprint density at radius 3 is 2.63 bits per heavy atom. The first kappa shape index (κ1) is 19.6. The van der Waals surface area contributed by atoms with Crippen molar-refractivity contribution in [3.63, 3.8) is 0 Å². The van der Waals surface area contributed by atoms with E-state index in [0.717, 1.165) is 25.2 Å². The van der Waals surface area contributed by atoms with Gasteiger partial charge in [-0.2, -0.15) is 0 Å². The maximum atomic E-state index is 12.3. The van der Waals surface area contributed by atoms with Crippen molar-refractivity contribution in [2.45, 2.75) is 63.6 Å². The molecule has 0 heterocycles. The largest absolute Gasteiger partial charge is 0.350 e. The zero-order valence-electron chi connectivity index (χ0n) is 16.1. The highest BCUT2D eigenvalue weighted by Crippen LogP contribution is 2.44. The van der Waals surface area contributed by atoms with Crippen molar-refractivity contribution in [3.8, 4) is 0 Å². The first-order valence-corrected chi connectivity index (χ1v) is 10.1. The Labute approximate surface area is 161 Å². The van der Waals surface area contributed by atoms with Gasteiger partial charge in [0.05, 0.1) is 6.04 Å². The molecule has 4 N–H and O–H groups in total. The summed E-state index contributed by atoms with van der Waals surface area (Å²) < 4.78 is 0. The average molecular weight is 370 g/mol. The summed E-state index contributed by atoms with van der Waals surface area (Å²) in [4.78, 5) is 24.3. The Balaban J connectivity index is 1.54. The van der Waals surface area contributed by atoms with Gasteiger partial charge in [-0.1, -0.05) is 42.8 Å². The van der Waals surface area contributed by atoms with E-state index in [1.54, 1.807) is 19.1 Å². The number of hydrogen-bond acceptors (Lipinski definition) is 3. The van der Waals surface area contributed by atoms with E-state index in [-0.39, 0.29) is 17.9 Å². The number of amides is 2. The molecule has 0 radical (unpaired) electrons. The van der Waals surface area contributed by atoms with Gasteiger partial charge < -0.3 is 16.4 Å². The normalized spacial score (nSPS) is 26.1. The molecule has 27 heavy (non-hydrogen) atoms. The van der Waals surface area contributed by atoms with Gasteiger partial charge in [-0.25, -0.2) is 0 Å². The van der Waals surface area contributed by atoms with E-state index in [2.05, 4.69) is 22.8 Å². The van der Waals surface area contributed by atoms with E-state index < -0.39 is 6.04 Å². The monoisotopic (exact) mass is 369 g/mol. The Bertz CT molecular complexity index is 671. The molecular weight excluding hydrogens is 338 g/mol. The highest BCUT2D eigenvalue weighted by molar-refractivity contribution is 5.88. The zero-order valence-corrected chi connectivity index (χ0v) is 16.1. The fraction of sp³-hybridized carbons (Fsp3) is 0.545. The molecule has 2 amide bonds. The second-order valence-corrected chi connectivity index (χ2v) is 8.08. The van der Waals surface area contributed by atoms with Crippen LogP contribution in [0.15, 0.2) is 42.5 Å². The number of carbonyl (C=O) groups is 2. The van der Waals surface area contributed by atoms with E-state index >= 15 is 0 Å². The Morgan fingerprint density at radius 1 is 1.22 bits per heavy atom. The lowest BCUT2D eigenvalue weighted by Crippen LogP contribution is -2.43. The minimum Gasteiger partial charge on any atom is -0.350 e. The van der Waals surface area contributed by atoms with Crippen molar-refractivity contribution in [3.05, 3.63) is 48.0 Å². The highest BCUT2D eigenvalue weighted by Gasteiger charge is 2.39. The van der Waals surface area contributed by atoms with E-state index in [0.29, 0.717) is 12.0 Å². The molecule has 1 aromatic rings. The van der Waals surface area contributed by atoms with Crippen LogP contribution in [0.4, 0.5) is 0 Å². The van der Waals surface area contributed by atoms with Gasteiger partial charge in [-0.05, 0) is 56.4 Å². The first-order chi connectivity index (χ1) is 13.0. The standard InChI is InChI=1S/C22H31N3O2/c1-15(23)22(27)24-19(10-8-16-5-3-2-4-6-16)11-12-21(26)25-20-14-17-7-9-18(20)13-17/h2-6,11-12,15,17-20H,7-10,13-14,23H2,1H3,(H,24,27)(H,25,26)/b12-11+/t15-,17+,18-,19-,20?/m0/s1. The van der Waals surface area contributed by atoms with E-state index in [9.17, 15) is 9.59 Å². The number of fused-ring (bicyclic) bond motifs is 2. The van der Waals surface area contributed by atoms with Crippen LogP contribution in [-0.2, 0) is 16.0 Å². The van der Waals surface area contributed by atoms with E-state index in [4.69, 9.17) is 5.73 Å². The molecule has 146 valence electrons. The van der Waals surface area contributed by atoms with Crippen LogP contribution in [0.2, 0.25) is 0 Å². The Kier molecular flexibility index (Phi) is 6.67. The van der Waals surface area contributed by atoms with Gasteiger partial charge in [-0.15, -0.1) is 0 Å². The maximum Gasteiger partial charge on any atom is 0.243 e. The predicted octanol–water partition coefficient (Wildman–Crippen LogP) is 2.31. The molecule has 3 rings (SSSR count). The van der Waals surface area contributed by atoms with Gasteiger partial charge in [0.1, 0.15) is 0 Å². The lowest BCUT2D eigenvalue weighted by atomic mass is 9.95. The topological polar surface area (TPSA) is 84.2 Å². The SMILES string of the molecule is C[C@H](N)C(=O)N[C@H](/C=C/C(=O)NC1C[C@@H]2CC[C@H]1C2)CCc1ccccc1. The Hall–Kier alpha value is -2.14. The summed E-state index contributed by atoms with van der Waals surface area (Å²) in [6.07, 6.45) is 9.85. The van der Waals surface area contributed by atoms with Gasteiger partial charge in [0.25, 0.3) is 0 Å². The summed E-state index contributed by atoms with van der Waals surface area (Å²) in [6, 6.07) is 9.66. The average Bonchev–Trinajstić information content (AvgIpc) is 3.27. The van der Waals surface area contributed by atoms with Gasteiger partial charge in [0, 0.05) is 18.2 Å². The minimum absolute atomic E-state index is 0.0627. The van der Waals surface area contributed by atoms with Gasteiger partial charge in [0.15, 0.2) is 0 Å². The van der Waals surface area contributed by atoms with Gasteiger partial charge in [-0.3, -0.25) is 9.59 Å². The maximum absolute atomic E-state index is 12.3. The third-order valence-electron chi connectivity index (χ3n) is 5.87. The summed E-state index contributed by atoms with van der Waals surface area (Å²) in [5, 5.41) is 6.08. The lowest BCUT2D eigenvalue weighted by Gasteiger charge is -2.22. The van der Waals surface area contributed by atoms with Crippen LogP contribution < -0.4 is 16.4 Å². The molecule has 2 fully saturated rings. The van der Waals surface area contributed by atoms with Gasteiger partial charge in [0.2, 0.25) is 11.8 Å². The molecule has 0 saturated heterocycles. The molecule has 1 unspecified atom stereocenters. The number of carbonyl (C=O) groups excluding carboxylic acids is 2.